The molecule has 1 aliphatic heterocycles. The molecule has 11 heteroatoms. The minimum Gasteiger partial charge on any atom is -0.423 e. The molecule has 170 valence electrons. The molecule has 1 unspecified atom stereocenters. The number of aromatic nitrogens is 5. The fourth-order valence-corrected chi connectivity index (χ4v) is 4.03. The van der Waals surface area contributed by atoms with Crippen LogP contribution in [0, 0.1) is 19.7 Å². The molecule has 1 fully saturated rings. The Morgan fingerprint density at radius 1 is 1.18 bits per heavy atom. The van der Waals surface area contributed by atoms with Crippen LogP contribution in [0.25, 0.3) is 22.2 Å². The number of morpholine rings is 1. The summed E-state index contributed by atoms with van der Waals surface area (Å²) in [6.45, 7) is 4.79. The van der Waals surface area contributed by atoms with Gasteiger partial charge in [0.25, 0.3) is 5.56 Å². The van der Waals surface area contributed by atoms with Gasteiger partial charge >= 0.3 is 0 Å². The number of benzene rings is 1. The summed E-state index contributed by atoms with van der Waals surface area (Å²) >= 11 is 5.95. The van der Waals surface area contributed by atoms with E-state index in [9.17, 15) is 9.18 Å². The Kier molecular flexibility index (Phi) is 5.34. The van der Waals surface area contributed by atoms with Gasteiger partial charge < -0.3 is 14.1 Å². The Labute approximate surface area is 192 Å². The predicted octanol–water partition coefficient (Wildman–Crippen LogP) is 3.37. The van der Waals surface area contributed by atoms with E-state index in [4.69, 9.17) is 25.7 Å². The highest BCUT2D eigenvalue weighted by molar-refractivity contribution is 6.30. The second-order valence-electron chi connectivity index (χ2n) is 7.84. The number of hydrogen-bond donors (Lipinski definition) is 0. The summed E-state index contributed by atoms with van der Waals surface area (Å²) in [5, 5.41) is 8.42. The van der Waals surface area contributed by atoms with Crippen molar-refractivity contribution >= 4 is 28.3 Å². The number of nitrogens with zero attached hydrogens (tertiary/aromatic N) is 6. The molecule has 0 radical (unpaired) electrons. The first kappa shape index (κ1) is 21.5. The quantitative estimate of drug-likeness (QED) is 0.449. The van der Waals surface area contributed by atoms with Crippen LogP contribution in [0.5, 0.6) is 0 Å². The fraction of sp³-hybridized carbons (Fsp3) is 0.318. The van der Waals surface area contributed by atoms with Gasteiger partial charge in [-0.05, 0) is 25.1 Å². The third-order valence-electron chi connectivity index (χ3n) is 5.67. The molecule has 0 aliphatic carbocycles. The first-order valence-electron chi connectivity index (χ1n) is 10.3. The number of aryl methyl sites for hydroxylation is 2. The molecule has 4 aromatic rings. The summed E-state index contributed by atoms with van der Waals surface area (Å²) in [6.07, 6.45) is -0.438. The number of anilines is 1. The number of halogens is 2. The zero-order valence-corrected chi connectivity index (χ0v) is 18.9. The van der Waals surface area contributed by atoms with E-state index in [-0.39, 0.29) is 27.2 Å². The Morgan fingerprint density at radius 2 is 2.00 bits per heavy atom. The van der Waals surface area contributed by atoms with E-state index in [2.05, 4.69) is 15.2 Å². The Bertz CT molecular complexity index is 1440. The molecule has 4 heterocycles. The average molecular weight is 471 g/mol. The van der Waals surface area contributed by atoms with Crippen LogP contribution in [0.1, 0.15) is 23.7 Å². The van der Waals surface area contributed by atoms with Gasteiger partial charge in [-0.1, -0.05) is 11.6 Å². The maximum Gasteiger partial charge on any atom is 0.263 e. The molecule has 1 aromatic carbocycles. The van der Waals surface area contributed by atoms with Crippen LogP contribution in [0.4, 0.5) is 10.2 Å². The smallest absolute Gasteiger partial charge is 0.263 e. The summed E-state index contributed by atoms with van der Waals surface area (Å²) in [5.41, 5.74) is 0.511. The van der Waals surface area contributed by atoms with E-state index in [1.54, 1.807) is 33.0 Å². The van der Waals surface area contributed by atoms with Crippen molar-refractivity contribution in [1.82, 2.24) is 24.7 Å². The second kappa shape index (κ2) is 8.20. The molecule has 0 saturated carbocycles. The maximum atomic E-state index is 14.9. The molecule has 5 rings (SSSR count). The Morgan fingerprint density at radius 3 is 2.73 bits per heavy atom. The first-order chi connectivity index (χ1) is 15.8. The van der Waals surface area contributed by atoms with Crippen LogP contribution in [0.2, 0.25) is 5.02 Å². The van der Waals surface area contributed by atoms with E-state index < -0.39 is 11.9 Å². The highest BCUT2D eigenvalue weighted by atomic mass is 35.5. The van der Waals surface area contributed by atoms with Gasteiger partial charge in [-0.2, -0.15) is 0 Å². The van der Waals surface area contributed by atoms with Crippen molar-refractivity contribution in [2.45, 2.75) is 20.0 Å². The highest BCUT2D eigenvalue weighted by Crippen LogP contribution is 2.32. The molecule has 33 heavy (non-hydrogen) atoms. The van der Waals surface area contributed by atoms with Gasteiger partial charge in [0, 0.05) is 37.2 Å². The third-order valence-corrected chi connectivity index (χ3v) is 5.90. The predicted molar refractivity (Wildman–Crippen MR) is 120 cm³/mol. The largest absolute Gasteiger partial charge is 0.423 e. The van der Waals surface area contributed by atoms with E-state index in [1.807, 2.05) is 4.90 Å². The molecular weight excluding hydrogens is 451 g/mol. The van der Waals surface area contributed by atoms with E-state index in [0.29, 0.717) is 48.6 Å². The van der Waals surface area contributed by atoms with Gasteiger partial charge in [0.15, 0.2) is 6.10 Å². The fourth-order valence-electron chi connectivity index (χ4n) is 3.87. The maximum absolute atomic E-state index is 14.9. The van der Waals surface area contributed by atoms with Crippen molar-refractivity contribution in [1.29, 1.82) is 0 Å². The lowest BCUT2D eigenvalue weighted by Crippen LogP contribution is -2.39. The van der Waals surface area contributed by atoms with Crippen LogP contribution >= 0.6 is 11.6 Å². The summed E-state index contributed by atoms with van der Waals surface area (Å²) < 4.78 is 27.7. The van der Waals surface area contributed by atoms with Gasteiger partial charge in [0.05, 0.1) is 29.7 Å². The lowest BCUT2D eigenvalue weighted by atomic mass is 10.1. The van der Waals surface area contributed by atoms with Crippen molar-refractivity contribution < 1.29 is 13.5 Å². The standard InChI is InChI=1S/C22H20ClFN6O3/c1-11-25-16-9-18(30-6-7-32-17(10-30)21-28-27-12(2)33-21)26-20(19(16)22(31)29(11)3)14-5-4-13(23)8-15(14)24/h4-5,8-9,17H,6-7,10H2,1-3H3. The average Bonchev–Trinajstić information content (AvgIpc) is 3.23. The van der Waals surface area contributed by atoms with Crippen LogP contribution in [0.15, 0.2) is 33.5 Å². The van der Waals surface area contributed by atoms with Crippen LogP contribution < -0.4 is 10.5 Å². The van der Waals surface area contributed by atoms with Gasteiger partial charge in [0.2, 0.25) is 11.8 Å². The second-order valence-corrected chi connectivity index (χ2v) is 8.27. The molecule has 0 N–H and O–H groups in total. The molecular formula is C22H20ClFN6O3. The van der Waals surface area contributed by atoms with Crippen LogP contribution in [0.3, 0.4) is 0 Å². The molecule has 1 saturated heterocycles. The summed E-state index contributed by atoms with van der Waals surface area (Å²) in [7, 11) is 1.62. The summed E-state index contributed by atoms with van der Waals surface area (Å²) in [4.78, 5) is 24.4. The molecule has 0 bridgehead atoms. The normalized spacial score (nSPS) is 16.5. The molecule has 9 nitrogen and oxygen atoms in total. The Hall–Kier alpha value is -3.37. The molecule has 1 aliphatic rings. The van der Waals surface area contributed by atoms with E-state index >= 15 is 0 Å². The molecule has 3 aromatic heterocycles. The topological polar surface area (TPSA) is 99.2 Å². The highest BCUT2D eigenvalue weighted by Gasteiger charge is 2.28. The van der Waals surface area contributed by atoms with Crippen LogP contribution in [-0.2, 0) is 11.8 Å². The third kappa shape index (κ3) is 3.85. The number of pyridine rings is 1. The SMILES string of the molecule is Cc1nnc(C2CN(c3cc4nc(C)n(C)c(=O)c4c(-c4ccc(Cl)cc4F)n3)CCO2)o1. The lowest BCUT2D eigenvalue weighted by Gasteiger charge is -2.32. The van der Waals surface area contributed by atoms with Crippen molar-refractivity contribution in [2.24, 2.45) is 7.05 Å². The first-order valence-corrected chi connectivity index (χ1v) is 10.7. The minimum atomic E-state index is -0.572. The van der Waals surface area contributed by atoms with Gasteiger partial charge in [-0.3, -0.25) is 9.36 Å². The zero-order chi connectivity index (χ0) is 23.3. The van der Waals surface area contributed by atoms with E-state index in [0.717, 1.165) is 0 Å². The molecule has 0 spiro atoms. The van der Waals surface area contributed by atoms with Crippen molar-refractivity contribution in [2.75, 3.05) is 24.6 Å². The number of hydrogen-bond acceptors (Lipinski definition) is 8. The zero-order valence-electron chi connectivity index (χ0n) is 18.2. The molecule has 0 amide bonds. The van der Waals surface area contributed by atoms with Gasteiger partial charge in [0.1, 0.15) is 17.5 Å². The van der Waals surface area contributed by atoms with Crippen LogP contribution in [-0.4, -0.2) is 44.4 Å². The van der Waals surface area contributed by atoms with E-state index in [1.165, 1.54) is 16.7 Å². The summed E-state index contributed by atoms with van der Waals surface area (Å²) in [6, 6.07) is 6.02. The van der Waals surface area contributed by atoms with Crippen molar-refractivity contribution in [3.63, 3.8) is 0 Å². The minimum absolute atomic E-state index is 0.173. The Balaban J connectivity index is 1.67. The van der Waals surface area contributed by atoms with Gasteiger partial charge in [-0.25, -0.2) is 14.4 Å². The number of ether oxygens (including phenoxy) is 1. The number of fused-ring (bicyclic) bond motifs is 1. The summed E-state index contributed by atoms with van der Waals surface area (Å²) in [5.74, 6) is 1.33. The monoisotopic (exact) mass is 470 g/mol. The number of rotatable bonds is 3. The molecule has 1 atom stereocenters. The van der Waals surface area contributed by atoms with Gasteiger partial charge in [-0.15, -0.1) is 10.2 Å². The lowest BCUT2D eigenvalue weighted by molar-refractivity contribution is 0.0214. The van der Waals surface area contributed by atoms with Crippen molar-refractivity contribution in [3.8, 4) is 11.3 Å². The van der Waals surface area contributed by atoms with Crippen molar-refractivity contribution in [3.05, 3.63) is 63.1 Å².